The summed E-state index contributed by atoms with van der Waals surface area (Å²) in [6, 6.07) is 13.8. The highest BCUT2D eigenvalue weighted by molar-refractivity contribution is 6.41. The van der Waals surface area contributed by atoms with Crippen molar-refractivity contribution in [3.63, 3.8) is 0 Å². The van der Waals surface area contributed by atoms with Crippen LogP contribution in [-0.2, 0) is 13.6 Å². The van der Waals surface area contributed by atoms with Crippen molar-refractivity contribution in [1.29, 1.82) is 0 Å². The maximum Gasteiger partial charge on any atom is 0.268 e. The van der Waals surface area contributed by atoms with E-state index in [9.17, 15) is 14.0 Å². The van der Waals surface area contributed by atoms with Gasteiger partial charge in [-0.15, -0.1) is 0 Å². The molecule has 2 amide bonds. The third kappa shape index (κ3) is 4.52. The van der Waals surface area contributed by atoms with Crippen LogP contribution < -0.4 is 10.6 Å². The number of amides is 2. The molecule has 0 saturated carbocycles. The summed E-state index contributed by atoms with van der Waals surface area (Å²) in [5.74, 6) is -1.08. The zero-order valence-corrected chi connectivity index (χ0v) is 16.3. The van der Waals surface area contributed by atoms with E-state index in [1.165, 1.54) is 34.9 Å². The minimum atomic E-state index is -0.407. The van der Waals surface area contributed by atoms with Gasteiger partial charge in [-0.3, -0.25) is 9.59 Å². The molecule has 28 heavy (non-hydrogen) atoms. The maximum absolute atomic E-state index is 13.0. The van der Waals surface area contributed by atoms with Crippen LogP contribution in [0, 0.1) is 5.82 Å². The van der Waals surface area contributed by atoms with Crippen LogP contribution in [0.4, 0.5) is 10.1 Å². The van der Waals surface area contributed by atoms with Crippen molar-refractivity contribution in [2.75, 3.05) is 5.32 Å². The molecule has 1 heterocycles. The Morgan fingerprint density at radius 1 is 1.04 bits per heavy atom. The predicted octanol–water partition coefficient (Wildman–Crippen LogP) is 4.65. The Morgan fingerprint density at radius 3 is 2.39 bits per heavy atom. The smallest absolute Gasteiger partial charge is 0.268 e. The molecule has 3 rings (SSSR count). The highest BCUT2D eigenvalue weighted by Gasteiger charge is 2.15. The molecule has 5 nitrogen and oxygen atoms in total. The number of nitrogens with zero attached hydrogens (tertiary/aromatic N) is 1. The van der Waals surface area contributed by atoms with Crippen molar-refractivity contribution in [2.45, 2.75) is 6.54 Å². The molecule has 0 aliphatic rings. The molecule has 0 aliphatic heterocycles. The van der Waals surface area contributed by atoms with Crippen LogP contribution in [0.15, 0.2) is 54.6 Å². The van der Waals surface area contributed by atoms with Crippen LogP contribution in [0.5, 0.6) is 0 Å². The number of hydrogen-bond donors (Lipinski definition) is 2. The van der Waals surface area contributed by atoms with E-state index in [4.69, 9.17) is 23.2 Å². The largest absolute Gasteiger partial charge is 0.347 e. The molecule has 2 N–H and O–H groups in total. The first-order valence-corrected chi connectivity index (χ1v) is 9.05. The Balaban J connectivity index is 1.64. The minimum Gasteiger partial charge on any atom is -0.347 e. The lowest BCUT2D eigenvalue weighted by Crippen LogP contribution is -2.25. The van der Waals surface area contributed by atoms with Gasteiger partial charge in [0.25, 0.3) is 11.8 Å². The lowest BCUT2D eigenvalue weighted by Gasteiger charge is -2.09. The standard InChI is InChI=1S/C20H16Cl2FN3O2/c1-26-17(10-16(21)18(26)22)20(28)24-11-12-3-2-4-15(9-12)25-19(27)13-5-7-14(23)8-6-13/h2-10H,11H2,1H3,(H,24,28)(H,25,27). The van der Waals surface area contributed by atoms with E-state index in [2.05, 4.69) is 10.6 Å². The quantitative estimate of drug-likeness (QED) is 0.631. The van der Waals surface area contributed by atoms with Gasteiger partial charge in [0.15, 0.2) is 0 Å². The molecular formula is C20H16Cl2FN3O2. The van der Waals surface area contributed by atoms with E-state index in [1.807, 2.05) is 6.07 Å². The topological polar surface area (TPSA) is 63.1 Å². The molecule has 0 atom stereocenters. The molecule has 0 saturated heterocycles. The Morgan fingerprint density at radius 2 is 1.75 bits per heavy atom. The van der Waals surface area contributed by atoms with Crippen LogP contribution in [0.1, 0.15) is 26.4 Å². The third-order valence-electron chi connectivity index (χ3n) is 4.09. The summed E-state index contributed by atoms with van der Waals surface area (Å²) in [6.07, 6.45) is 0. The van der Waals surface area contributed by atoms with Gasteiger partial charge in [0.2, 0.25) is 0 Å². The first kappa shape index (κ1) is 19.9. The average Bonchev–Trinajstić information content (AvgIpc) is 2.94. The summed E-state index contributed by atoms with van der Waals surface area (Å²) in [6.45, 7) is 0.250. The molecule has 144 valence electrons. The van der Waals surface area contributed by atoms with Gasteiger partial charge >= 0.3 is 0 Å². The Kier molecular flexibility index (Phi) is 6.02. The second-order valence-corrected chi connectivity index (χ2v) is 6.84. The number of halogens is 3. The fourth-order valence-corrected chi connectivity index (χ4v) is 2.97. The van der Waals surface area contributed by atoms with Gasteiger partial charge in [-0.2, -0.15) is 0 Å². The lowest BCUT2D eigenvalue weighted by molar-refractivity contribution is 0.0942. The van der Waals surface area contributed by atoms with Gasteiger partial charge in [-0.05, 0) is 48.0 Å². The second kappa shape index (κ2) is 8.46. The van der Waals surface area contributed by atoms with E-state index in [-0.39, 0.29) is 23.5 Å². The number of nitrogens with one attached hydrogen (secondary N) is 2. The summed E-state index contributed by atoms with van der Waals surface area (Å²) >= 11 is 11.9. The number of aromatic nitrogens is 1. The average molecular weight is 420 g/mol. The monoisotopic (exact) mass is 419 g/mol. The molecule has 8 heteroatoms. The van der Waals surface area contributed by atoms with Crippen molar-refractivity contribution in [2.24, 2.45) is 7.05 Å². The van der Waals surface area contributed by atoms with Gasteiger partial charge in [0.05, 0.1) is 5.02 Å². The molecule has 0 spiro atoms. The summed E-state index contributed by atoms with van der Waals surface area (Å²) < 4.78 is 14.5. The molecule has 0 bridgehead atoms. The Bertz CT molecular complexity index is 1030. The molecule has 0 unspecified atom stereocenters. The van der Waals surface area contributed by atoms with E-state index in [0.29, 0.717) is 22.0 Å². The van der Waals surface area contributed by atoms with E-state index in [0.717, 1.165) is 5.56 Å². The van der Waals surface area contributed by atoms with Crippen molar-refractivity contribution >= 4 is 40.7 Å². The van der Waals surface area contributed by atoms with Crippen molar-refractivity contribution < 1.29 is 14.0 Å². The molecule has 0 aliphatic carbocycles. The molecular weight excluding hydrogens is 404 g/mol. The fraction of sp³-hybridized carbons (Fsp3) is 0.100. The van der Waals surface area contributed by atoms with Crippen molar-refractivity contribution in [1.82, 2.24) is 9.88 Å². The maximum atomic E-state index is 13.0. The molecule has 0 fully saturated rings. The number of hydrogen-bond acceptors (Lipinski definition) is 2. The van der Waals surface area contributed by atoms with Crippen LogP contribution in [0.3, 0.4) is 0 Å². The highest BCUT2D eigenvalue weighted by Crippen LogP contribution is 2.25. The highest BCUT2D eigenvalue weighted by atomic mass is 35.5. The first-order valence-electron chi connectivity index (χ1n) is 8.30. The van der Waals surface area contributed by atoms with Crippen LogP contribution in [0.25, 0.3) is 0 Å². The molecule has 3 aromatic rings. The fourth-order valence-electron chi connectivity index (χ4n) is 2.60. The van der Waals surface area contributed by atoms with Gasteiger partial charge in [-0.1, -0.05) is 35.3 Å². The normalized spacial score (nSPS) is 10.6. The van der Waals surface area contributed by atoms with E-state index in [1.54, 1.807) is 25.2 Å². The van der Waals surface area contributed by atoms with E-state index >= 15 is 0 Å². The Labute approximate surface area is 171 Å². The summed E-state index contributed by atoms with van der Waals surface area (Å²) in [5, 5.41) is 6.12. The van der Waals surface area contributed by atoms with Crippen molar-refractivity contribution in [3.05, 3.63) is 87.4 Å². The zero-order valence-electron chi connectivity index (χ0n) is 14.8. The summed E-state index contributed by atoms with van der Waals surface area (Å²) in [4.78, 5) is 24.6. The van der Waals surface area contributed by atoms with Crippen LogP contribution >= 0.6 is 23.2 Å². The zero-order chi connectivity index (χ0) is 20.3. The number of anilines is 1. The van der Waals surface area contributed by atoms with Gasteiger partial charge in [-0.25, -0.2) is 4.39 Å². The first-order chi connectivity index (χ1) is 13.3. The number of carbonyl (C=O) groups excluding carboxylic acids is 2. The van der Waals surface area contributed by atoms with Gasteiger partial charge in [0, 0.05) is 24.8 Å². The van der Waals surface area contributed by atoms with Gasteiger partial charge in [0.1, 0.15) is 16.7 Å². The minimum absolute atomic E-state index is 0.250. The molecule has 1 aromatic heterocycles. The number of benzene rings is 2. The lowest BCUT2D eigenvalue weighted by atomic mass is 10.1. The Hall–Kier alpha value is -2.83. The predicted molar refractivity (Wildman–Crippen MR) is 107 cm³/mol. The summed E-state index contributed by atoms with van der Waals surface area (Å²) in [5.41, 5.74) is 2.04. The number of rotatable bonds is 5. The SMILES string of the molecule is Cn1c(C(=O)NCc2cccc(NC(=O)c3ccc(F)cc3)c2)cc(Cl)c1Cl. The second-order valence-electron chi connectivity index (χ2n) is 6.07. The van der Waals surface area contributed by atoms with E-state index < -0.39 is 5.82 Å². The van der Waals surface area contributed by atoms with Crippen LogP contribution in [0.2, 0.25) is 10.2 Å². The molecule has 0 radical (unpaired) electrons. The molecule has 2 aromatic carbocycles. The van der Waals surface area contributed by atoms with Crippen LogP contribution in [-0.4, -0.2) is 16.4 Å². The third-order valence-corrected chi connectivity index (χ3v) is 4.94. The van der Waals surface area contributed by atoms with Crippen molar-refractivity contribution in [3.8, 4) is 0 Å². The number of carbonyl (C=O) groups is 2. The van der Waals surface area contributed by atoms with Gasteiger partial charge < -0.3 is 15.2 Å². The summed E-state index contributed by atoms with van der Waals surface area (Å²) in [7, 11) is 1.65.